The molecule has 23 heavy (non-hydrogen) atoms. The van der Waals surface area contributed by atoms with Gasteiger partial charge in [-0.3, -0.25) is 0 Å². The summed E-state index contributed by atoms with van der Waals surface area (Å²) in [6, 6.07) is 5.71. The van der Waals surface area contributed by atoms with E-state index >= 15 is 0 Å². The first-order valence-corrected chi connectivity index (χ1v) is 8.81. The number of rotatable bonds is 4. The van der Waals surface area contributed by atoms with Crippen LogP contribution in [0.15, 0.2) is 33.7 Å². The van der Waals surface area contributed by atoms with Crippen molar-refractivity contribution in [1.29, 1.82) is 0 Å². The minimum Gasteiger partial charge on any atom is -0.361 e. The number of carbonyl (C=O) groups excluding carboxylic acids is 1. The number of carbonyl (C=O) groups is 1. The van der Waals surface area contributed by atoms with Crippen LogP contribution in [0.1, 0.15) is 17.0 Å². The van der Waals surface area contributed by atoms with Crippen molar-refractivity contribution < 1.29 is 17.7 Å². The van der Waals surface area contributed by atoms with E-state index in [2.05, 4.69) is 10.5 Å². The third kappa shape index (κ3) is 4.10. The Morgan fingerprint density at radius 3 is 2.35 bits per heavy atom. The van der Waals surface area contributed by atoms with E-state index in [4.69, 9.17) is 4.52 Å². The van der Waals surface area contributed by atoms with Gasteiger partial charge in [-0.2, -0.15) is 0 Å². The smallest absolute Gasteiger partial charge is 0.321 e. The third-order valence-corrected chi connectivity index (χ3v) is 4.59. The Bertz CT molecular complexity index is 790. The van der Waals surface area contributed by atoms with Crippen LogP contribution in [0.3, 0.4) is 0 Å². The number of aromatic nitrogens is 1. The molecule has 2 aromatic rings. The molecule has 0 unspecified atom stereocenters. The molecule has 7 nitrogen and oxygen atoms in total. The van der Waals surface area contributed by atoms with Crippen LogP contribution in [0.4, 0.5) is 10.5 Å². The van der Waals surface area contributed by atoms with Crippen LogP contribution in [-0.4, -0.2) is 37.8 Å². The molecule has 0 radical (unpaired) electrons. The lowest BCUT2D eigenvalue weighted by Crippen LogP contribution is -2.31. The molecule has 1 aromatic heterocycles. The second-order valence-corrected chi connectivity index (χ2v) is 7.40. The zero-order chi connectivity index (χ0) is 17.2. The maximum atomic E-state index is 12.2. The van der Waals surface area contributed by atoms with Crippen molar-refractivity contribution in [3.05, 3.63) is 41.3 Å². The van der Waals surface area contributed by atoms with Gasteiger partial charge in [-0.15, -0.1) is 0 Å². The van der Waals surface area contributed by atoms with E-state index in [1.165, 1.54) is 17.0 Å². The first-order chi connectivity index (χ1) is 10.7. The van der Waals surface area contributed by atoms with Crippen LogP contribution in [0, 0.1) is 13.8 Å². The minimum absolute atomic E-state index is 0.208. The van der Waals surface area contributed by atoms with E-state index in [1.807, 2.05) is 6.92 Å². The summed E-state index contributed by atoms with van der Waals surface area (Å²) in [7, 11) is -1.59. The molecule has 124 valence electrons. The van der Waals surface area contributed by atoms with Crippen LogP contribution in [0.5, 0.6) is 0 Å². The summed E-state index contributed by atoms with van der Waals surface area (Å²) in [4.78, 5) is 13.9. The van der Waals surface area contributed by atoms with Crippen molar-refractivity contribution in [1.82, 2.24) is 10.1 Å². The van der Waals surface area contributed by atoms with E-state index in [-0.39, 0.29) is 10.9 Å². The highest BCUT2D eigenvalue weighted by Crippen LogP contribution is 2.16. The van der Waals surface area contributed by atoms with Crippen LogP contribution in [0.2, 0.25) is 0 Å². The predicted octanol–water partition coefficient (Wildman–Crippen LogP) is 2.36. The number of benzene rings is 1. The minimum atomic E-state index is -3.25. The summed E-state index contributed by atoms with van der Waals surface area (Å²) in [5, 5.41) is 6.57. The van der Waals surface area contributed by atoms with Gasteiger partial charge >= 0.3 is 6.03 Å². The van der Waals surface area contributed by atoms with Gasteiger partial charge in [0, 0.05) is 24.6 Å². The molecule has 1 N–H and O–H groups in total. The summed E-state index contributed by atoms with van der Waals surface area (Å²) in [5.74, 6) is 0.680. The van der Waals surface area contributed by atoms with Gasteiger partial charge in [-0.05, 0) is 38.1 Å². The number of nitrogens with one attached hydrogen (secondary N) is 1. The standard InChI is InChI=1S/C15H19N3O4S/c1-10-14(11(2)22-17-10)9-18(3)15(19)16-12-5-7-13(8-6-12)23(4,20)21/h5-8H,9H2,1-4H3,(H,16,19). The molecule has 8 heteroatoms. The van der Waals surface area contributed by atoms with Gasteiger partial charge in [0.1, 0.15) is 5.76 Å². The summed E-state index contributed by atoms with van der Waals surface area (Å²) < 4.78 is 27.9. The summed E-state index contributed by atoms with van der Waals surface area (Å²) >= 11 is 0. The number of anilines is 1. The van der Waals surface area contributed by atoms with Gasteiger partial charge in [-0.25, -0.2) is 13.2 Å². The van der Waals surface area contributed by atoms with Gasteiger partial charge in [0.2, 0.25) is 0 Å². The lowest BCUT2D eigenvalue weighted by molar-refractivity contribution is 0.220. The second-order valence-electron chi connectivity index (χ2n) is 5.39. The van der Waals surface area contributed by atoms with Crippen LogP contribution in [0.25, 0.3) is 0 Å². The average molecular weight is 337 g/mol. The normalized spacial score (nSPS) is 11.3. The van der Waals surface area contributed by atoms with Crippen LogP contribution < -0.4 is 5.32 Å². The summed E-state index contributed by atoms with van der Waals surface area (Å²) in [6.07, 6.45) is 1.14. The van der Waals surface area contributed by atoms with E-state index in [9.17, 15) is 13.2 Å². The Balaban J connectivity index is 2.04. The molecule has 1 heterocycles. The molecule has 0 saturated heterocycles. The zero-order valence-corrected chi connectivity index (χ0v) is 14.3. The highest BCUT2D eigenvalue weighted by molar-refractivity contribution is 7.90. The van der Waals surface area contributed by atoms with Crippen LogP contribution in [-0.2, 0) is 16.4 Å². The number of nitrogens with zero attached hydrogens (tertiary/aromatic N) is 2. The number of hydrogen-bond acceptors (Lipinski definition) is 5. The first kappa shape index (κ1) is 17.0. The molecule has 0 fully saturated rings. The molecule has 2 amide bonds. The molecule has 0 atom stereocenters. The van der Waals surface area contributed by atoms with Gasteiger partial charge in [-0.1, -0.05) is 5.16 Å². The van der Waals surface area contributed by atoms with Gasteiger partial charge < -0.3 is 14.7 Å². The van der Waals surface area contributed by atoms with Gasteiger partial charge in [0.25, 0.3) is 0 Å². The Morgan fingerprint density at radius 1 is 1.26 bits per heavy atom. The number of urea groups is 1. The summed E-state index contributed by atoms with van der Waals surface area (Å²) in [6.45, 7) is 3.99. The predicted molar refractivity (Wildman–Crippen MR) is 86.0 cm³/mol. The summed E-state index contributed by atoms with van der Waals surface area (Å²) in [5.41, 5.74) is 2.14. The maximum Gasteiger partial charge on any atom is 0.321 e. The average Bonchev–Trinajstić information content (AvgIpc) is 2.78. The largest absolute Gasteiger partial charge is 0.361 e. The van der Waals surface area contributed by atoms with Crippen molar-refractivity contribution in [2.24, 2.45) is 0 Å². The van der Waals surface area contributed by atoms with Gasteiger partial charge in [0.05, 0.1) is 17.1 Å². The second kappa shape index (κ2) is 6.41. The lowest BCUT2D eigenvalue weighted by atomic mass is 10.2. The highest BCUT2D eigenvalue weighted by Gasteiger charge is 2.15. The van der Waals surface area contributed by atoms with Crippen molar-refractivity contribution in [2.75, 3.05) is 18.6 Å². The van der Waals surface area contributed by atoms with Gasteiger partial charge in [0.15, 0.2) is 9.84 Å². The van der Waals surface area contributed by atoms with E-state index in [0.717, 1.165) is 17.5 Å². The van der Waals surface area contributed by atoms with E-state index in [1.54, 1.807) is 26.1 Å². The fourth-order valence-electron chi connectivity index (χ4n) is 2.04. The number of aryl methyl sites for hydroxylation is 2. The zero-order valence-electron chi connectivity index (χ0n) is 13.5. The molecular formula is C15H19N3O4S. The fraction of sp³-hybridized carbons (Fsp3) is 0.333. The molecule has 0 saturated carbocycles. The highest BCUT2D eigenvalue weighted by atomic mass is 32.2. The topological polar surface area (TPSA) is 92.5 Å². The van der Waals surface area contributed by atoms with E-state index in [0.29, 0.717) is 18.0 Å². The first-order valence-electron chi connectivity index (χ1n) is 6.92. The Kier molecular flexibility index (Phi) is 4.74. The molecular weight excluding hydrogens is 318 g/mol. The van der Waals surface area contributed by atoms with Crippen molar-refractivity contribution in [3.63, 3.8) is 0 Å². The maximum absolute atomic E-state index is 12.2. The number of amides is 2. The molecule has 0 aliphatic heterocycles. The monoisotopic (exact) mass is 337 g/mol. The van der Waals surface area contributed by atoms with Crippen molar-refractivity contribution in [2.45, 2.75) is 25.3 Å². The molecule has 0 spiro atoms. The quantitative estimate of drug-likeness (QED) is 0.924. The number of hydrogen-bond donors (Lipinski definition) is 1. The molecule has 0 bridgehead atoms. The Hall–Kier alpha value is -2.35. The molecule has 1 aromatic carbocycles. The lowest BCUT2D eigenvalue weighted by Gasteiger charge is -2.18. The molecule has 0 aliphatic carbocycles. The Morgan fingerprint density at radius 2 is 1.87 bits per heavy atom. The molecule has 2 rings (SSSR count). The third-order valence-electron chi connectivity index (χ3n) is 3.46. The van der Waals surface area contributed by atoms with Crippen molar-refractivity contribution in [3.8, 4) is 0 Å². The fourth-order valence-corrected chi connectivity index (χ4v) is 2.67. The van der Waals surface area contributed by atoms with Crippen LogP contribution >= 0.6 is 0 Å². The number of sulfone groups is 1. The van der Waals surface area contributed by atoms with E-state index < -0.39 is 9.84 Å². The SMILES string of the molecule is Cc1noc(C)c1CN(C)C(=O)Nc1ccc(S(C)(=O)=O)cc1. The molecule has 0 aliphatic rings. The Labute approximate surface area is 135 Å². The van der Waals surface area contributed by atoms with Crippen molar-refractivity contribution >= 4 is 21.6 Å².